The Balaban J connectivity index is 1.44. The molecule has 0 unspecified atom stereocenters. The van der Waals surface area contributed by atoms with Crippen molar-refractivity contribution in [1.82, 2.24) is 20.0 Å². The molecule has 2 aliphatic heterocycles. The molecule has 1 aromatic heterocycles. The highest BCUT2D eigenvalue weighted by molar-refractivity contribution is 7.10. The van der Waals surface area contributed by atoms with Gasteiger partial charge in [0.15, 0.2) is 0 Å². The molecule has 150 valence electrons. The molecule has 0 aliphatic carbocycles. The first-order chi connectivity index (χ1) is 12.7. The van der Waals surface area contributed by atoms with E-state index in [1.165, 1.54) is 10.4 Å². The molecule has 3 rings (SSSR count). The van der Waals surface area contributed by atoms with Gasteiger partial charge in [-0.05, 0) is 51.1 Å². The number of hydrogen-bond donors (Lipinski definition) is 1. The van der Waals surface area contributed by atoms with E-state index in [-0.39, 0.29) is 17.4 Å². The van der Waals surface area contributed by atoms with Crippen molar-refractivity contribution in [2.75, 3.05) is 45.8 Å². The second-order valence-electron chi connectivity index (χ2n) is 8.65. The maximum absolute atomic E-state index is 12.8. The highest BCUT2D eigenvalue weighted by atomic mass is 32.1. The molecule has 0 aromatic carbocycles. The number of nitrogens with one attached hydrogen (secondary N) is 1. The summed E-state index contributed by atoms with van der Waals surface area (Å²) in [5.74, 6) is 0.260. The van der Waals surface area contributed by atoms with Gasteiger partial charge in [0.25, 0.3) is 0 Å². The fraction of sp³-hybridized carbons (Fsp3) is 0.700. The predicted octanol–water partition coefficient (Wildman–Crippen LogP) is 1.73. The minimum absolute atomic E-state index is 0.0518. The lowest BCUT2D eigenvalue weighted by atomic mass is 10.0. The molecule has 0 saturated carbocycles. The monoisotopic (exact) mass is 392 g/mol. The second-order valence-corrected chi connectivity index (χ2v) is 9.65. The van der Waals surface area contributed by atoms with Crippen molar-refractivity contribution in [3.8, 4) is 0 Å². The molecule has 0 bridgehead atoms. The topological polar surface area (TPSA) is 55.9 Å². The molecular formula is C20H32N4O2S. The normalized spacial score (nSPS) is 21.8. The first-order valence-corrected chi connectivity index (χ1v) is 10.7. The zero-order chi connectivity index (χ0) is 19.6. The van der Waals surface area contributed by atoms with Gasteiger partial charge in [0.1, 0.15) is 0 Å². The fourth-order valence-corrected chi connectivity index (χ4v) is 4.83. The van der Waals surface area contributed by atoms with Crippen molar-refractivity contribution in [2.24, 2.45) is 0 Å². The summed E-state index contributed by atoms with van der Waals surface area (Å²) >= 11 is 1.83. The number of nitrogens with zero attached hydrogens (tertiary/aromatic N) is 3. The van der Waals surface area contributed by atoms with E-state index in [0.29, 0.717) is 32.2 Å². The van der Waals surface area contributed by atoms with E-state index in [4.69, 9.17) is 0 Å². The Kier molecular flexibility index (Phi) is 6.23. The molecule has 1 fully saturated rings. The van der Waals surface area contributed by atoms with Gasteiger partial charge in [-0.25, -0.2) is 0 Å². The van der Waals surface area contributed by atoms with Crippen LogP contribution in [-0.4, -0.2) is 77.9 Å². The van der Waals surface area contributed by atoms with Crippen molar-refractivity contribution in [3.63, 3.8) is 0 Å². The van der Waals surface area contributed by atoms with Gasteiger partial charge in [-0.1, -0.05) is 0 Å². The zero-order valence-electron chi connectivity index (χ0n) is 17.0. The van der Waals surface area contributed by atoms with Crippen LogP contribution >= 0.6 is 11.3 Å². The first kappa shape index (κ1) is 20.3. The molecule has 0 spiro atoms. The maximum atomic E-state index is 12.8. The molecular weight excluding hydrogens is 360 g/mol. The largest absolute Gasteiger partial charge is 0.350 e. The van der Waals surface area contributed by atoms with E-state index in [0.717, 1.165) is 26.1 Å². The lowest BCUT2D eigenvalue weighted by molar-refractivity contribution is -0.135. The Labute approximate surface area is 166 Å². The lowest BCUT2D eigenvalue weighted by Crippen LogP contribution is -2.54. The van der Waals surface area contributed by atoms with Gasteiger partial charge >= 0.3 is 0 Å². The van der Waals surface area contributed by atoms with Crippen LogP contribution in [0.15, 0.2) is 11.4 Å². The van der Waals surface area contributed by atoms with E-state index < -0.39 is 0 Å². The lowest BCUT2D eigenvalue weighted by Gasteiger charge is -2.38. The third kappa shape index (κ3) is 5.30. The van der Waals surface area contributed by atoms with Crippen molar-refractivity contribution in [2.45, 2.75) is 45.7 Å². The van der Waals surface area contributed by atoms with Gasteiger partial charge in [-0.15, -0.1) is 11.3 Å². The van der Waals surface area contributed by atoms with E-state index >= 15 is 0 Å². The molecule has 1 N–H and O–H groups in total. The van der Waals surface area contributed by atoms with Gasteiger partial charge in [0.2, 0.25) is 11.8 Å². The third-order valence-electron chi connectivity index (χ3n) is 5.35. The van der Waals surface area contributed by atoms with E-state index in [1.54, 1.807) is 0 Å². The number of piperazine rings is 1. The summed E-state index contributed by atoms with van der Waals surface area (Å²) in [6.45, 7) is 12.9. The summed E-state index contributed by atoms with van der Waals surface area (Å²) in [5.41, 5.74) is 1.18. The third-order valence-corrected chi connectivity index (χ3v) is 6.35. The number of fused-ring (bicyclic) bond motifs is 1. The van der Waals surface area contributed by atoms with Crippen LogP contribution in [0.25, 0.3) is 0 Å². The van der Waals surface area contributed by atoms with Gasteiger partial charge < -0.3 is 10.2 Å². The van der Waals surface area contributed by atoms with Crippen molar-refractivity contribution in [3.05, 3.63) is 21.9 Å². The summed E-state index contributed by atoms with van der Waals surface area (Å²) in [5, 5.41) is 5.15. The molecule has 0 radical (unpaired) electrons. The van der Waals surface area contributed by atoms with Crippen LogP contribution in [0.3, 0.4) is 0 Å². The number of thiophene rings is 1. The minimum atomic E-state index is -0.206. The Morgan fingerprint density at radius 1 is 1.15 bits per heavy atom. The summed E-state index contributed by atoms with van der Waals surface area (Å²) in [6, 6.07) is 2.51. The zero-order valence-corrected chi connectivity index (χ0v) is 17.8. The van der Waals surface area contributed by atoms with Crippen molar-refractivity contribution in [1.29, 1.82) is 0 Å². The standard InChI is InChI=1S/C20H32N4O2S/c1-15-16-6-12-27-17(16)5-7-24(15)14-19(26)23-10-8-22(9-11-23)13-18(25)21-20(2,3)4/h6,12,15H,5,7-11,13-14H2,1-4H3,(H,21,25)/t15-/m1/s1. The molecule has 2 aliphatic rings. The van der Waals surface area contributed by atoms with Crippen LogP contribution in [0.4, 0.5) is 0 Å². The highest BCUT2D eigenvalue weighted by Crippen LogP contribution is 2.32. The summed E-state index contributed by atoms with van der Waals surface area (Å²) in [7, 11) is 0. The van der Waals surface area contributed by atoms with Crippen LogP contribution < -0.4 is 5.32 Å². The number of carbonyl (C=O) groups is 2. The van der Waals surface area contributed by atoms with Gasteiger partial charge in [-0.3, -0.25) is 19.4 Å². The molecule has 1 saturated heterocycles. The molecule has 7 heteroatoms. The van der Waals surface area contributed by atoms with Crippen LogP contribution in [0.2, 0.25) is 0 Å². The quantitative estimate of drug-likeness (QED) is 0.848. The number of hydrogen-bond acceptors (Lipinski definition) is 5. The predicted molar refractivity (Wildman–Crippen MR) is 109 cm³/mol. The van der Waals surface area contributed by atoms with Crippen molar-refractivity contribution < 1.29 is 9.59 Å². The average molecular weight is 393 g/mol. The Bertz CT molecular complexity index is 674. The second kappa shape index (κ2) is 8.29. The average Bonchev–Trinajstić information content (AvgIpc) is 3.05. The minimum Gasteiger partial charge on any atom is -0.350 e. The molecule has 27 heavy (non-hydrogen) atoms. The Morgan fingerprint density at radius 3 is 2.52 bits per heavy atom. The van der Waals surface area contributed by atoms with Crippen LogP contribution in [0, 0.1) is 0 Å². The molecule has 1 aromatic rings. The summed E-state index contributed by atoms with van der Waals surface area (Å²) in [4.78, 5) is 32.7. The van der Waals surface area contributed by atoms with Crippen LogP contribution in [0.1, 0.15) is 44.2 Å². The smallest absolute Gasteiger partial charge is 0.236 e. The molecule has 6 nitrogen and oxygen atoms in total. The SMILES string of the molecule is C[C@@H]1c2ccsc2CCN1CC(=O)N1CCN(CC(=O)NC(C)(C)C)CC1. The van der Waals surface area contributed by atoms with E-state index in [2.05, 4.69) is 33.5 Å². The Morgan fingerprint density at radius 2 is 1.85 bits per heavy atom. The maximum Gasteiger partial charge on any atom is 0.236 e. The number of amides is 2. The van der Waals surface area contributed by atoms with Crippen LogP contribution in [-0.2, 0) is 16.0 Å². The van der Waals surface area contributed by atoms with Gasteiger partial charge in [0.05, 0.1) is 13.1 Å². The fourth-order valence-electron chi connectivity index (χ4n) is 3.87. The van der Waals surface area contributed by atoms with E-state index in [1.807, 2.05) is 37.0 Å². The van der Waals surface area contributed by atoms with Crippen molar-refractivity contribution >= 4 is 23.2 Å². The van der Waals surface area contributed by atoms with Gasteiger partial charge in [0, 0.05) is 49.2 Å². The summed E-state index contributed by atoms with van der Waals surface area (Å²) in [6.07, 6.45) is 1.04. The molecule has 2 amide bonds. The summed E-state index contributed by atoms with van der Waals surface area (Å²) < 4.78 is 0. The van der Waals surface area contributed by atoms with Crippen LogP contribution in [0.5, 0.6) is 0 Å². The van der Waals surface area contributed by atoms with E-state index in [9.17, 15) is 9.59 Å². The highest BCUT2D eigenvalue weighted by Gasteiger charge is 2.29. The number of rotatable bonds is 4. The first-order valence-electron chi connectivity index (χ1n) is 9.84. The molecule has 3 heterocycles. The Hall–Kier alpha value is -1.44. The van der Waals surface area contributed by atoms with Gasteiger partial charge in [-0.2, -0.15) is 0 Å². The number of carbonyl (C=O) groups excluding carboxylic acids is 2. The molecule has 1 atom stereocenters.